The van der Waals surface area contributed by atoms with Crippen molar-refractivity contribution in [1.29, 1.82) is 0 Å². The first-order valence-corrected chi connectivity index (χ1v) is 11.2. The Labute approximate surface area is 181 Å². The second-order valence-electron chi connectivity index (χ2n) is 9.04. The van der Waals surface area contributed by atoms with Gasteiger partial charge in [-0.15, -0.1) is 0 Å². The van der Waals surface area contributed by atoms with Gasteiger partial charge in [0.15, 0.2) is 0 Å². The Morgan fingerprint density at radius 3 is 2.35 bits per heavy atom. The number of carbonyl (C=O) groups excluding carboxylic acids is 4. The van der Waals surface area contributed by atoms with Crippen molar-refractivity contribution in [3.63, 3.8) is 0 Å². The number of hydrogen-bond acceptors (Lipinski definition) is 5. The van der Waals surface area contributed by atoms with Crippen LogP contribution in [0.25, 0.3) is 0 Å². The Hall–Kier alpha value is -2.65. The molecule has 10 nitrogen and oxygen atoms in total. The minimum Gasteiger partial charge on any atom is -0.465 e. The predicted molar refractivity (Wildman–Crippen MR) is 110 cm³/mol. The van der Waals surface area contributed by atoms with E-state index in [0.717, 1.165) is 32.1 Å². The molecule has 1 saturated heterocycles. The molecule has 0 unspecified atom stereocenters. The standard InChI is InChI=1S/C21H32N4O6/c26-12-15(11-14-6-9-22-17(14)27)23-18(28)16(10-13-4-2-1-3-5-13)24-19(29)21(7-8-21)25-20(30)31/h12-16,25H,1-11H2,(H,22,27)(H,23,28)(H,24,29)(H,30,31)/t14-,15-,16-/m0/s1. The lowest BCUT2D eigenvalue weighted by Crippen LogP contribution is -2.56. The number of carboxylic acid groups (broad SMARTS) is 1. The summed E-state index contributed by atoms with van der Waals surface area (Å²) in [6.07, 6.45) is 6.63. The minimum absolute atomic E-state index is 0.122. The average molecular weight is 437 g/mol. The number of nitrogens with one attached hydrogen (secondary N) is 4. The van der Waals surface area contributed by atoms with Crippen molar-refractivity contribution in [1.82, 2.24) is 21.3 Å². The van der Waals surface area contributed by atoms with Gasteiger partial charge in [0.2, 0.25) is 17.7 Å². The van der Waals surface area contributed by atoms with Crippen LogP contribution in [0.3, 0.4) is 0 Å². The molecule has 3 aliphatic rings. The van der Waals surface area contributed by atoms with Gasteiger partial charge in [0, 0.05) is 12.5 Å². The quantitative estimate of drug-likeness (QED) is 0.313. The molecule has 4 amide bonds. The number of aldehydes is 1. The van der Waals surface area contributed by atoms with Gasteiger partial charge < -0.3 is 31.2 Å². The van der Waals surface area contributed by atoms with Crippen LogP contribution in [0.4, 0.5) is 4.79 Å². The normalized spacial score (nSPS) is 24.4. The zero-order chi connectivity index (χ0) is 22.4. The summed E-state index contributed by atoms with van der Waals surface area (Å²) in [5.41, 5.74) is -1.18. The summed E-state index contributed by atoms with van der Waals surface area (Å²) in [5.74, 6) is -1.15. The van der Waals surface area contributed by atoms with Gasteiger partial charge in [0.05, 0.1) is 6.04 Å². The lowest BCUT2D eigenvalue weighted by Gasteiger charge is -2.29. The topological polar surface area (TPSA) is 154 Å². The molecule has 3 rings (SSSR count). The SMILES string of the molecule is O=C[C@H](C[C@@H]1CCNC1=O)NC(=O)[C@H](CC1CCCCC1)NC(=O)C1(NC(=O)O)CC1. The van der Waals surface area contributed by atoms with Crippen LogP contribution in [0.2, 0.25) is 0 Å². The molecule has 0 spiro atoms. The van der Waals surface area contributed by atoms with Gasteiger partial charge in [-0.25, -0.2) is 4.79 Å². The first kappa shape index (κ1) is 23.0. The first-order valence-electron chi connectivity index (χ1n) is 11.2. The highest BCUT2D eigenvalue weighted by Gasteiger charge is 2.52. The van der Waals surface area contributed by atoms with Crippen LogP contribution in [0.15, 0.2) is 0 Å². The van der Waals surface area contributed by atoms with Gasteiger partial charge in [-0.1, -0.05) is 32.1 Å². The number of carbonyl (C=O) groups is 5. The Bertz CT molecular complexity index is 717. The summed E-state index contributed by atoms with van der Waals surface area (Å²) in [7, 11) is 0. The van der Waals surface area contributed by atoms with Gasteiger partial charge in [0.25, 0.3) is 0 Å². The molecular formula is C21H32N4O6. The maximum Gasteiger partial charge on any atom is 0.405 e. The molecule has 10 heteroatoms. The zero-order valence-electron chi connectivity index (χ0n) is 17.7. The molecule has 1 aliphatic heterocycles. The first-order chi connectivity index (χ1) is 14.8. The Balaban J connectivity index is 1.64. The van der Waals surface area contributed by atoms with E-state index < -0.39 is 35.5 Å². The minimum atomic E-state index is -1.28. The number of rotatable bonds is 10. The summed E-state index contributed by atoms with van der Waals surface area (Å²) < 4.78 is 0. The second kappa shape index (κ2) is 10.1. The molecule has 2 aliphatic carbocycles. The molecule has 3 atom stereocenters. The molecule has 1 heterocycles. The molecule has 0 aromatic heterocycles. The van der Waals surface area contributed by atoms with Gasteiger partial charge in [0.1, 0.15) is 17.9 Å². The van der Waals surface area contributed by atoms with Crippen molar-refractivity contribution in [3.8, 4) is 0 Å². The largest absolute Gasteiger partial charge is 0.465 e. The van der Waals surface area contributed by atoms with Gasteiger partial charge in [-0.3, -0.25) is 14.4 Å². The van der Waals surface area contributed by atoms with Crippen LogP contribution in [-0.4, -0.2) is 59.4 Å². The van der Waals surface area contributed by atoms with E-state index in [0.29, 0.717) is 38.5 Å². The van der Waals surface area contributed by atoms with Crippen molar-refractivity contribution in [2.75, 3.05) is 6.54 Å². The van der Waals surface area contributed by atoms with Gasteiger partial charge >= 0.3 is 6.09 Å². The third kappa shape index (κ3) is 6.18. The van der Waals surface area contributed by atoms with Gasteiger partial charge in [-0.2, -0.15) is 0 Å². The van der Waals surface area contributed by atoms with E-state index in [1.165, 1.54) is 0 Å². The average Bonchev–Trinajstić information content (AvgIpc) is 3.41. The van der Waals surface area contributed by atoms with Crippen molar-refractivity contribution < 1.29 is 29.1 Å². The van der Waals surface area contributed by atoms with E-state index in [-0.39, 0.29) is 24.2 Å². The van der Waals surface area contributed by atoms with E-state index in [1.54, 1.807) is 0 Å². The molecule has 5 N–H and O–H groups in total. The van der Waals surface area contributed by atoms with Crippen LogP contribution >= 0.6 is 0 Å². The molecule has 31 heavy (non-hydrogen) atoms. The highest BCUT2D eigenvalue weighted by atomic mass is 16.4. The molecule has 172 valence electrons. The fraction of sp³-hybridized carbons (Fsp3) is 0.762. The van der Waals surface area contributed by atoms with E-state index >= 15 is 0 Å². The molecule has 2 saturated carbocycles. The Kier molecular flexibility index (Phi) is 7.50. The molecule has 0 aromatic rings. The van der Waals surface area contributed by atoms with Crippen LogP contribution in [0.5, 0.6) is 0 Å². The summed E-state index contributed by atoms with van der Waals surface area (Å²) in [5, 5.41) is 19.4. The molecule has 3 fully saturated rings. The number of amides is 4. The van der Waals surface area contributed by atoms with E-state index in [9.17, 15) is 24.0 Å². The van der Waals surface area contributed by atoms with Crippen LogP contribution < -0.4 is 21.3 Å². The van der Waals surface area contributed by atoms with Gasteiger partial charge in [-0.05, 0) is 38.0 Å². The monoisotopic (exact) mass is 436 g/mol. The van der Waals surface area contributed by atoms with E-state index in [2.05, 4.69) is 21.3 Å². The Morgan fingerprint density at radius 2 is 1.81 bits per heavy atom. The summed E-state index contributed by atoms with van der Waals surface area (Å²) in [6, 6.07) is -1.68. The Morgan fingerprint density at radius 1 is 1.10 bits per heavy atom. The third-order valence-corrected chi connectivity index (χ3v) is 6.64. The van der Waals surface area contributed by atoms with Crippen LogP contribution in [0.1, 0.15) is 64.2 Å². The van der Waals surface area contributed by atoms with E-state index in [1.807, 2.05) is 0 Å². The molecule has 0 bridgehead atoms. The summed E-state index contributed by atoms with van der Waals surface area (Å²) in [6.45, 7) is 0.558. The molecule has 0 radical (unpaired) electrons. The van der Waals surface area contributed by atoms with Crippen LogP contribution in [-0.2, 0) is 19.2 Å². The fourth-order valence-electron chi connectivity index (χ4n) is 4.63. The number of hydrogen-bond donors (Lipinski definition) is 5. The highest BCUT2D eigenvalue weighted by molar-refractivity contribution is 5.96. The highest BCUT2D eigenvalue weighted by Crippen LogP contribution is 2.36. The zero-order valence-corrected chi connectivity index (χ0v) is 17.7. The maximum absolute atomic E-state index is 13.0. The fourth-order valence-corrected chi connectivity index (χ4v) is 4.63. The van der Waals surface area contributed by atoms with Crippen molar-refractivity contribution in [2.24, 2.45) is 11.8 Å². The third-order valence-electron chi connectivity index (χ3n) is 6.64. The van der Waals surface area contributed by atoms with Crippen molar-refractivity contribution >= 4 is 30.1 Å². The smallest absolute Gasteiger partial charge is 0.405 e. The predicted octanol–water partition coefficient (Wildman–Crippen LogP) is 0.452. The van der Waals surface area contributed by atoms with Crippen LogP contribution in [0, 0.1) is 11.8 Å². The lowest BCUT2D eigenvalue weighted by molar-refractivity contribution is -0.132. The molecule has 0 aromatic carbocycles. The van der Waals surface area contributed by atoms with E-state index in [4.69, 9.17) is 5.11 Å². The lowest BCUT2D eigenvalue weighted by atomic mass is 9.84. The van der Waals surface area contributed by atoms with Crippen molar-refractivity contribution in [3.05, 3.63) is 0 Å². The molecular weight excluding hydrogens is 404 g/mol. The summed E-state index contributed by atoms with van der Waals surface area (Å²) in [4.78, 5) is 60.2. The second-order valence-corrected chi connectivity index (χ2v) is 9.04. The maximum atomic E-state index is 13.0. The summed E-state index contributed by atoms with van der Waals surface area (Å²) >= 11 is 0. The van der Waals surface area contributed by atoms with Crippen molar-refractivity contribution in [2.45, 2.75) is 81.8 Å².